The maximum Gasteiger partial charge on any atom is 0.327 e. The SMILES string of the molecule is CSCC[C@H](N)C(=O)N[C@@H](CCCCN)C(=O)N[C@@H](CC(N)=O)C(=O)N1CCC[C@H]1C(=O)N[C@@H](CCC(=O)O)C(=O)N[C@H](C(=O)N[C@@H](CS)C(=O)O)[C@@H](C)O. The topological polar surface area (TPSA) is 356 Å². The highest BCUT2D eigenvalue weighted by Gasteiger charge is 2.40. The normalized spacial score (nSPS) is 17.6. The number of carbonyl (C=O) groups excluding carboxylic acids is 7. The number of likely N-dealkylation sites (tertiary alicyclic amines) is 1. The summed E-state index contributed by atoms with van der Waals surface area (Å²) in [4.78, 5) is 116. The van der Waals surface area contributed by atoms with Crippen molar-refractivity contribution >= 4 is 77.7 Å². The largest absolute Gasteiger partial charge is 0.481 e. The van der Waals surface area contributed by atoms with Crippen molar-refractivity contribution in [2.75, 3.05) is 30.9 Å². The minimum Gasteiger partial charge on any atom is -0.481 e. The number of hydrogen-bond donors (Lipinski definition) is 12. The Balaban J connectivity index is 3.27. The first-order valence-electron chi connectivity index (χ1n) is 17.7. The second-order valence-electron chi connectivity index (χ2n) is 13.0. The number of primary amides is 1. The van der Waals surface area contributed by atoms with Gasteiger partial charge in [0.1, 0.15) is 36.3 Å². The number of rotatable bonds is 26. The Morgan fingerprint density at radius 1 is 0.836 bits per heavy atom. The highest BCUT2D eigenvalue weighted by Crippen LogP contribution is 2.20. The maximum atomic E-state index is 13.9. The second-order valence-corrected chi connectivity index (χ2v) is 14.3. The Morgan fingerprint density at radius 2 is 1.44 bits per heavy atom. The summed E-state index contributed by atoms with van der Waals surface area (Å²) in [5.41, 5.74) is 17.0. The third-order valence-corrected chi connectivity index (χ3v) is 9.56. The first kappa shape index (κ1) is 48.8. The van der Waals surface area contributed by atoms with Crippen LogP contribution in [0.3, 0.4) is 0 Å². The van der Waals surface area contributed by atoms with E-state index in [0.717, 1.165) is 11.8 Å². The molecule has 7 amide bonds. The van der Waals surface area contributed by atoms with Crippen molar-refractivity contribution in [1.29, 1.82) is 0 Å². The molecular formula is C32H55N9O12S2. The molecule has 0 aromatic heterocycles. The number of carbonyl (C=O) groups is 9. The van der Waals surface area contributed by atoms with Crippen LogP contribution in [0.1, 0.15) is 64.7 Å². The molecule has 1 rings (SSSR count). The van der Waals surface area contributed by atoms with Gasteiger partial charge >= 0.3 is 11.9 Å². The smallest absolute Gasteiger partial charge is 0.327 e. The molecule has 1 aliphatic heterocycles. The second kappa shape index (κ2) is 25.1. The molecule has 0 saturated carbocycles. The number of aliphatic carboxylic acids is 2. The van der Waals surface area contributed by atoms with Crippen LogP contribution in [-0.2, 0) is 43.2 Å². The molecule has 1 saturated heterocycles. The highest BCUT2D eigenvalue weighted by atomic mass is 32.2. The molecule has 0 spiro atoms. The molecule has 312 valence electrons. The molecule has 1 fully saturated rings. The average Bonchev–Trinajstić information content (AvgIpc) is 3.62. The molecule has 0 aliphatic carbocycles. The van der Waals surface area contributed by atoms with Crippen LogP contribution in [0.5, 0.6) is 0 Å². The predicted octanol–water partition coefficient (Wildman–Crippen LogP) is -4.25. The maximum absolute atomic E-state index is 13.9. The predicted molar refractivity (Wildman–Crippen MR) is 202 cm³/mol. The fourth-order valence-electron chi connectivity index (χ4n) is 5.50. The number of carboxylic acid groups (broad SMARTS) is 2. The van der Waals surface area contributed by atoms with Gasteiger partial charge in [-0.15, -0.1) is 0 Å². The van der Waals surface area contributed by atoms with Crippen LogP contribution in [0.15, 0.2) is 0 Å². The molecule has 0 aromatic carbocycles. The Morgan fingerprint density at radius 3 is 1.98 bits per heavy atom. The van der Waals surface area contributed by atoms with Gasteiger partial charge in [-0.3, -0.25) is 38.4 Å². The number of thioether (sulfide) groups is 1. The van der Waals surface area contributed by atoms with Crippen molar-refractivity contribution in [3.05, 3.63) is 0 Å². The van der Waals surface area contributed by atoms with E-state index in [1.807, 2.05) is 6.26 Å². The van der Waals surface area contributed by atoms with Crippen molar-refractivity contribution in [2.24, 2.45) is 17.2 Å². The lowest BCUT2D eigenvalue weighted by Gasteiger charge is -2.31. The van der Waals surface area contributed by atoms with E-state index in [1.165, 1.54) is 11.8 Å². The van der Waals surface area contributed by atoms with Crippen LogP contribution in [0.4, 0.5) is 0 Å². The summed E-state index contributed by atoms with van der Waals surface area (Å²) in [7, 11) is 0. The van der Waals surface area contributed by atoms with Gasteiger partial charge in [-0.2, -0.15) is 24.4 Å². The lowest BCUT2D eigenvalue weighted by atomic mass is 10.0. The van der Waals surface area contributed by atoms with E-state index in [0.29, 0.717) is 31.6 Å². The molecule has 8 atom stereocenters. The average molecular weight is 822 g/mol. The van der Waals surface area contributed by atoms with Crippen LogP contribution in [0, 0.1) is 0 Å². The van der Waals surface area contributed by atoms with Crippen molar-refractivity contribution in [3.63, 3.8) is 0 Å². The molecule has 21 nitrogen and oxygen atoms in total. The minimum atomic E-state index is -1.73. The summed E-state index contributed by atoms with van der Waals surface area (Å²) < 4.78 is 0. The van der Waals surface area contributed by atoms with Gasteiger partial charge in [-0.1, -0.05) is 0 Å². The van der Waals surface area contributed by atoms with Gasteiger partial charge < -0.3 is 64.0 Å². The standard InChI is InChI=1S/C32H55N9O12S2/c1-16(42)25(30(50)39-21(15-54)32(52)53)40-28(48)19(8-9-24(44)45)37-29(49)22-7-5-12-41(22)31(51)20(14-23(35)43)38-27(47)18(6-3-4-11-33)36-26(46)17(34)10-13-55-2/h16-22,25,42,54H,3-15,33-34H2,1-2H3,(H2,35,43)(H,36,46)(H,37,49)(H,38,47)(H,39,50)(H,40,48)(H,44,45)(H,52,53)/t16-,17+,18+,19+,20+,21+,22+,25+/m1/s1. The lowest BCUT2D eigenvalue weighted by Crippen LogP contribution is -2.61. The number of unbranched alkanes of at least 4 members (excludes halogenated alkanes) is 1. The Labute approximate surface area is 328 Å². The number of nitrogens with two attached hydrogens (primary N) is 3. The summed E-state index contributed by atoms with van der Waals surface area (Å²) >= 11 is 5.34. The van der Waals surface area contributed by atoms with Gasteiger partial charge in [-0.25, -0.2) is 4.79 Å². The van der Waals surface area contributed by atoms with Gasteiger partial charge in [0.2, 0.25) is 41.4 Å². The number of thiol groups is 1. The molecule has 1 aliphatic rings. The molecule has 14 N–H and O–H groups in total. The highest BCUT2D eigenvalue weighted by molar-refractivity contribution is 7.98. The summed E-state index contributed by atoms with van der Waals surface area (Å²) in [5.74, 6) is -8.85. The van der Waals surface area contributed by atoms with Crippen LogP contribution >= 0.6 is 24.4 Å². The molecule has 0 radical (unpaired) electrons. The van der Waals surface area contributed by atoms with Crippen LogP contribution in [0.25, 0.3) is 0 Å². The number of nitrogens with zero attached hydrogens (tertiary/aromatic N) is 1. The zero-order valence-corrected chi connectivity index (χ0v) is 32.6. The Bertz CT molecular complexity index is 1380. The van der Waals surface area contributed by atoms with Crippen molar-refractivity contribution in [3.8, 4) is 0 Å². The van der Waals surface area contributed by atoms with E-state index in [9.17, 15) is 58.5 Å². The van der Waals surface area contributed by atoms with E-state index < -0.39 is 121 Å². The first-order valence-corrected chi connectivity index (χ1v) is 19.7. The number of amides is 7. The summed E-state index contributed by atoms with van der Waals surface area (Å²) in [6, 6.07) is -9.72. The molecule has 55 heavy (non-hydrogen) atoms. The molecule has 0 bridgehead atoms. The molecule has 23 heteroatoms. The number of carboxylic acids is 2. The van der Waals surface area contributed by atoms with Crippen molar-refractivity contribution in [1.82, 2.24) is 31.5 Å². The van der Waals surface area contributed by atoms with E-state index in [-0.39, 0.29) is 31.6 Å². The third-order valence-electron chi connectivity index (χ3n) is 8.55. The van der Waals surface area contributed by atoms with Crippen molar-refractivity contribution < 1.29 is 58.5 Å². The van der Waals surface area contributed by atoms with Crippen LogP contribution in [-0.4, -0.2) is 153 Å². The van der Waals surface area contributed by atoms with E-state index in [4.69, 9.17) is 17.2 Å². The van der Waals surface area contributed by atoms with Gasteiger partial charge in [-0.05, 0) is 70.4 Å². The monoisotopic (exact) mass is 821 g/mol. The molecule has 0 unspecified atom stereocenters. The fraction of sp³-hybridized carbons (Fsp3) is 0.719. The Hall–Kier alpha value is -4.19. The third kappa shape index (κ3) is 17.0. The van der Waals surface area contributed by atoms with Gasteiger partial charge in [0.25, 0.3) is 0 Å². The number of aliphatic hydroxyl groups is 1. The zero-order valence-electron chi connectivity index (χ0n) is 30.9. The number of nitrogens with one attached hydrogen (secondary N) is 5. The van der Waals surface area contributed by atoms with Crippen LogP contribution < -0.4 is 43.8 Å². The summed E-state index contributed by atoms with van der Waals surface area (Å²) in [6.45, 7) is 1.43. The number of hydrogen-bond acceptors (Lipinski definition) is 14. The van der Waals surface area contributed by atoms with E-state index in [1.54, 1.807) is 0 Å². The lowest BCUT2D eigenvalue weighted by molar-refractivity contribution is -0.144. The quantitative estimate of drug-likeness (QED) is 0.0290. The van der Waals surface area contributed by atoms with Crippen LogP contribution in [0.2, 0.25) is 0 Å². The minimum absolute atomic E-state index is 0.0187. The van der Waals surface area contributed by atoms with Gasteiger partial charge in [0.05, 0.1) is 18.6 Å². The van der Waals surface area contributed by atoms with Gasteiger partial charge in [0, 0.05) is 18.7 Å². The van der Waals surface area contributed by atoms with Crippen molar-refractivity contribution in [2.45, 2.75) is 113 Å². The molecular weight excluding hydrogens is 767 g/mol. The number of aliphatic hydroxyl groups excluding tert-OH is 1. The first-order chi connectivity index (χ1) is 25.9. The Kier molecular flexibility index (Phi) is 22.3. The summed E-state index contributed by atoms with van der Waals surface area (Å²) in [6.07, 6.45) is 0.232. The van der Waals surface area contributed by atoms with E-state index in [2.05, 4.69) is 39.2 Å². The van der Waals surface area contributed by atoms with E-state index >= 15 is 0 Å². The molecule has 1 heterocycles. The fourth-order valence-corrected chi connectivity index (χ4v) is 6.24. The van der Waals surface area contributed by atoms with Gasteiger partial charge in [0.15, 0.2) is 0 Å². The molecule has 0 aromatic rings. The summed E-state index contributed by atoms with van der Waals surface area (Å²) in [5, 5.41) is 40.5. The zero-order chi connectivity index (χ0) is 41.8.